The van der Waals surface area contributed by atoms with E-state index in [0.717, 1.165) is 6.08 Å². The van der Waals surface area contributed by atoms with Gasteiger partial charge in [-0.2, -0.15) is 0 Å². The predicted molar refractivity (Wildman–Crippen MR) is 124 cm³/mol. The highest BCUT2D eigenvalue weighted by Gasteiger charge is 2.34. The van der Waals surface area contributed by atoms with Crippen LogP contribution >= 0.6 is 0 Å². The Kier molecular flexibility index (Phi) is 8.37. The molecular formula is C25H29NO8. The first-order valence-corrected chi connectivity index (χ1v) is 10.9. The second-order valence-corrected chi connectivity index (χ2v) is 8.39. The first-order valence-electron chi connectivity index (χ1n) is 10.9. The second kappa shape index (κ2) is 11.4. The van der Waals surface area contributed by atoms with Crippen LogP contribution in [-0.2, 0) is 9.53 Å². The molecule has 34 heavy (non-hydrogen) atoms. The summed E-state index contributed by atoms with van der Waals surface area (Å²) >= 11 is 0. The van der Waals surface area contributed by atoms with Crippen LogP contribution in [0, 0.1) is 5.41 Å². The average Bonchev–Trinajstić information content (AvgIpc) is 3.27. The predicted octanol–water partition coefficient (Wildman–Crippen LogP) is 4.52. The van der Waals surface area contributed by atoms with E-state index in [2.05, 4.69) is 5.32 Å². The number of carbonyl (C=O) groups is 2. The van der Waals surface area contributed by atoms with E-state index in [9.17, 15) is 9.59 Å². The van der Waals surface area contributed by atoms with Gasteiger partial charge < -0.3 is 29.2 Å². The van der Waals surface area contributed by atoms with Gasteiger partial charge in [-0.15, -0.1) is 0 Å². The van der Waals surface area contributed by atoms with Crippen LogP contribution < -0.4 is 19.5 Å². The third-order valence-electron chi connectivity index (χ3n) is 5.29. The molecule has 2 aromatic carbocycles. The molecule has 2 aromatic rings. The number of hydrogen-bond donors (Lipinski definition) is 3. The van der Waals surface area contributed by atoms with Crippen molar-refractivity contribution in [2.24, 2.45) is 5.41 Å². The zero-order valence-electron chi connectivity index (χ0n) is 19.2. The molecule has 0 saturated carbocycles. The Morgan fingerprint density at radius 2 is 1.97 bits per heavy atom. The summed E-state index contributed by atoms with van der Waals surface area (Å²) in [7, 11) is 0. The number of aliphatic hydroxyl groups is 1. The van der Waals surface area contributed by atoms with Gasteiger partial charge in [-0.3, -0.25) is 5.32 Å². The maximum Gasteiger partial charge on any atom is 0.412 e. The van der Waals surface area contributed by atoms with Crippen LogP contribution in [0.4, 0.5) is 10.5 Å². The van der Waals surface area contributed by atoms with E-state index in [-0.39, 0.29) is 20.0 Å². The number of amides is 1. The van der Waals surface area contributed by atoms with Crippen molar-refractivity contribution < 1.29 is 38.7 Å². The van der Waals surface area contributed by atoms with Gasteiger partial charge in [0, 0.05) is 23.2 Å². The van der Waals surface area contributed by atoms with E-state index in [1.807, 2.05) is 19.9 Å². The van der Waals surface area contributed by atoms with Crippen molar-refractivity contribution in [2.75, 3.05) is 25.3 Å². The monoisotopic (exact) mass is 471 g/mol. The standard InChI is InChI=1S/C25H29NO8/c1-25(2,11-4-3-8-22(28)29)23(17-6-5-7-19(14-17)31-13-12-27)34-24(30)26-18-9-10-20-21(15-18)33-16-32-20/h3,5-10,14-15,23,27H,4,11-13,16H2,1-2H3,(H,26,30)(H,28,29)/b8-3+/t23-/m1/s1. The number of benzene rings is 2. The molecule has 3 rings (SSSR count). The fourth-order valence-electron chi connectivity index (χ4n) is 3.61. The molecule has 182 valence electrons. The van der Waals surface area contributed by atoms with Crippen LogP contribution in [0.5, 0.6) is 17.2 Å². The van der Waals surface area contributed by atoms with Crippen molar-refractivity contribution in [3.05, 3.63) is 60.2 Å². The number of ether oxygens (including phenoxy) is 4. The van der Waals surface area contributed by atoms with Crippen LogP contribution in [0.15, 0.2) is 54.6 Å². The van der Waals surface area contributed by atoms with E-state index in [4.69, 9.17) is 29.2 Å². The number of carboxylic acid groups (broad SMARTS) is 1. The van der Waals surface area contributed by atoms with Crippen molar-refractivity contribution in [1.29, 1.82) is 0 Å². The molecule has 1 amide bonds. The molecule has 0 fully saturated rings. The van der Waals surface area contributed by atoms with Gasteiger partial charge in [0.25, 0.3) is 0 Å². The van der Waals surface area contributed by atoms with Gasteiger partial charge in [-0.1, -0.05) is 32.1 Å². The van der Waals surface area contributed by atoms with Gasteiger partial charge in [0.15, 0.2) is 11.5 Å². The summed E-state index contributed by atoms with van der Waals surface area (Å²) in [5.74, 6) is 0.668. The SMILES string of the molecule is CC(C)(CC/C=C/C(=O)O)[C@H](OC(=O)Nc1ccc2c(c1)OCO2)c1cccc(OCCO)c1. The molecule has 0 unspecified atom stereocenters. The van der Waals surface area contributed by atoms with E-state index in [1.54, 1.807) is 42.5 Å². The van der Waals surface area contributed by atoms with Crippen molar-refractivity contribution in [2.45, 2.75) is 32.8 Å². The molecule has 3 N–H and O–H groups in total. The molecule has 0 bridgehead atoms. The lowest BCUT2D eigenvalue weighted by molar-refractivity contribution is -0.131. The number of carbonyl (C=O) groups excluding carboxylic acids is 1. The summed E-state index contributed by atoms with van der Waals surface area (Å²) < 4.78 is 22.1. The highest BCUT2D eigenvalue weighted by molar-refractivity contribution is 5.85. The van der Waals surface area contributed by atoms with Crippen molar-refractivity contribution in [1.82, 2.24) is 0 Å². The summed E-state index contributed by atoms with van der Waals surface area (Å²) in [5.41, 5.74) is 0.656. The summed E-state index contributed by atoms with van der Waals surface area (Å²) in [6, 6.07) is 12.2. The van der Waals surface area contributed by atoms with Gasteiger partial charge >= 0.3 is 12.1 Å². The Morgan fingerprint density at radius 1 is 1.18 bits per heavy atom. The largest absolute Gasteiger partial charge is 0.491 e. The average molecular weight is 472 g/mol. The lowest BCUT2D eigenvalue weighted by Gasteiger charge is -2.34. The number of aliphatic hydroxyl groups excluding tert-OH is 1. The fraction of sp³-hybridized carbons (Fsp3) is 0.360. The van der Waals surface area contributed by atoms with E-state index in [1.165, 1.54) is 0 Å². The Bertz CT molecular complexity index is 1030. The Labute approximate surface area is 197 Å². The number of nitrogens with one attached hydrogen (secondary N) is 1. The van der Waals surface area contributed by atoms with Gasteiger partial charge in [0.1, 0.15) is 18.5 Å². The number of hydrogen-bond acceptors (Lipinski definition) is 7. The van der Waals surface area contributed by atoms with E-state index >= 15 is 0 Å². The van der Waals surface area contributed by atoms with Gasteiger partial charge in [-0.25, -0.2) is 9.59 Å². The first-order chi connectivity index (χ1) is 16.3. The number of aliphatic carboxylic acids is 1. The van der Waals surface area contributed by atoms with E-state index < -0.39 is 23.6 Å². The Balaban J connectivity index is 1.79. The zero-order chi connectivity index (χ0) is 24.6. The van der Waals surface area contributed by atoms with Crippen LogP contribution in [0.25, 0.3) is 0 Å². The minimum absolute atomic E-state index is 0.122. The first kappa shape index (κ1) is 24.9. The van der Waals surface area contributed by atoms with Crippen LogP contribution in [0.2, 0.25) is 0 Å². The third-order valence-corrected chi connectivity index (χ3v) is 5.29. The number of anilines is 1. The number of rotatable bonds is 11. The molecule has 1 heterocycles. The van der Waals surface area contributed by atoms with Gasteiger partial charge in [0.2, 0.25) is 6.79 Å². The Hall–Kier alpha value is -3.72. The fourth-order valence-corrected chi connectivity index (χ4v) is 3.61. The quantitative estimate of drug-likeness (QED) is 0.409. The molecule has 9 heteroatoms. The third kappa shape index (κ3) is 6.89. The maximum atomic E-state index is 12.9. The van der Waals surface area contributed by atoms with Crippen molar-refractivity contribution >= 4 is 17.7 Å². The van der Waals surface area contributed by atoms with Crippen molar-refractivity contribution in [3.8, 4) is 17.2 Å². The van der Waals surface area contributed by atoms with Gasteiger partial charge in [0.05, 0.1) is 6.61 Å². The lowest BCUT2D eigenvalue weighted by Crippen LogP contribution is -2.29. The smallest absolute Gasteiger partial charge is 0.412 e. The molecule has 0 spiro atoms. The highest BCUT2D eigenvalue weighted by atomic mass is 16.7. The highest BCUT2D eigenvalue weighted by Crippen LogP contribution is 2.42. The number of carboxylic acids is 1. The second-order valence-electron chi connectivity index (χ2n) is 8.39. The molecule has 1 atom stereocenters. The minimum atomic E-state index is -1.01. The number of allylic oxidation sites excluding steroid dienone is 1. The number of fused-ring (bicyclic) bond motifs is 1. The van der Waals surface area contributed by atoms with Crippen LogP contribution in [-0.4, -0.2) is 42.3 Å². The van der Waals surface area contributed by atoms with Gasteiger partial charge in [-0.05, 0) is 42.7 Å². The lowest BCUT2D eigenvalue weighted by atomic mass is 9.78. The summed E-state index contributed by atoms with van der Waals surface area (Å²) in [6.07, 6.45) is 2.40. The molecule has 0 radical (unpaired) electrons. The summed E-state index contributed by atoms with van der Waals surface area (Å²) in [4.78, 5) is 23.6. The Morgan fingerprint density at radius 3 is 2.74 bits per heavy atom. The zero-order valence-corrected chi connectivity index (χ0v) is 19.2. The summed E-state index contributed by atoms with van der Waals surface area (Å²) in [6.45, 7) is 4.04. The van der Waals surface area contributed by atoms with Crippen LogP contribution in [0.1, 0.15) is 38.4 Å². The normalized spacial score (nSPS) is 13.5. The minimum Gasteiger partial charge on any atom is -0.491 e. The topological polar surface area (TPSA) is 124 Å². The molecular weight excluding hydrogens is 442 g/mol. The molecule has 1 aliphatic heterocycles. The molecule has 0 aromatic heterocycles. The molecule has 0 saturated heterocycles. The molecule has 9 nitrogen and oxygen atoms in total. The van der Waals surface area contributed by atoms with Crippen molar-refractivity contribution in [3.63, 3.8) is 0 Å². The summed E-state index contributed by atoms with van der Waals surface area (Å²) in [5, 5.41) is 20.6. The molecule has 0 aliphatic carbocycles. The maximum absolute atomic E-state index is 12.9. The van der Waals surface area contributed by atoms with E-state index in [0.29, 0.717) is 41.3 Å². The van der Waals surface area contributed by atoms with Crippen LogP contribution in [0.3, 0.4) is 0 Å². The molecule has 1 aliphatic rings.